The molecule has 1 unspecified atom stereocenters. The van der Waals surface area contributed by atoms with Gasteiger partial charge in [-0.3, -0.25) is 4.79 Å². The number of hydrogen-bond acceptors (Lipinski definition) is 3. The van der Waals surface area contributed by atoms with E-state index in [1.807, 2.05) is 0 Å². The number of aliphatic carboxylic acids is 1. The van der Waals surface area contributed by atoms with Crippen molar-refractivity contribution in [3.8, 4) is 0 Å². The standard InChI is InChI=1S/C11H17N3O4/c1-2-3-8(10(16)17)13-11(18)14-6-4-9(15)12-5-7-14/h2,8H,1,3-7H2,(H,12,15)(H,13,18)(H,16,17). The fourth-order valence-electron chi connectivity index (χ4n) is 1.60. The number of urea groups is 1. The summed E-state index contributed by atoms with van der Waals surface area (Å²) in [6.45, 7) is 4.49. The summed E-state index contributed by atoms with van der Waals surface area (Å²) in [5.74, 6) is -1.21. The molecule has 0 aromatic heterocycles. The van der Waals surface area contributed by atoms with E-state index in [-0.39, 0.29) is 25.3 Å². The van der Waals surface area contributed by atoms with Crippen molar-refractivity contribution in [3.05, 3.63) is 12.7 Å². The minimum Gasteiger partial charge on any atom is -0.480 e. The highest BCUT2D eigenvalue weighted by molar-refractivity contribution is 5.83. The number of nitrogens with one attached hydrogen (secondary N) is 2. The third-order valence-corrected chi connectivity index (χ3v) is 2.60. The van der Waals surface area contributed by atoms with Crippen LogP contribution in [0.15, 0.2) is 12.7 Å². The van der Waals surface area contributed by atoms with Crippen molar-refractivity contribution in [2.24, 2.45) is 0 Å². The Morgan fingerprint density at radius 2 is 2.28 bits per heavy atom. The Balaban J connectivity index is 2.54. The molecule has 0 aromatic rings. The lowest BCUT2D eigenvalue weighted by atomic mass is 10.2. The van der Waals surface area contributed by atoms with Crippen molar-refractivity contribution >= 4 is 17.9 Å². The minimum atomic E-state index is -1.10. The van der Waals surface area contributed by atoms with Gasteiger partial charge in [0.15, 0.2) is 0 Å². The first kappa shape index (κ1) is 14.0. The van der Waals surface area contributed by atoms with E-state index >= 15 is 0 Å². The van der Waals surface area contributed by atoms with Gasteiger partial charge in [0.1, 0.15) is 6.04 Å². The number of amides is 3. The third kappa shape index (κ3) is 4.08. The van der Waals surface area contributed by atoms with Crippen LogP contribution in [0, 0.1) is 0 Å². The lowest BCUT2D eigenvalue weighted by Gasteiger charge is -2.22. The lowest BCUT2D eigenvalue weighted by Crippen LogP contribution is -2.48. The first-order valence-electron chi connectivity index (χ1n) is 5.70. The summed E-state index contributed by atoms with van der Waals surface area (Å²) in [6.07, 6.45) is 1.82. The molecule has 1 saturated heterocycles. The van der Waals surface area contributed by atoms with Gasteiger partial charge in [-0.05, 0) is 6.42 Å². The quantitative estimate of drug-likeness (QED) is 0.592. The molecule has 0 spiro atoms. The van der Waals surface area contributed by atoms with Crippen LogP contribution in [-0.4, -0.2) is 53.6 Å². The van der Waals surface area contributed by atoms with Crippen molar-refractivity contribution in [1.82, 2.24) is 15.5 Å². The van der Waals surface area contributed by atoms with Crippen molar-refractivity contribution in [2.45, 2.75) is 18.9 Å². The fourth-order valence-corrected chi connectivity index (χ4v) is 1.60. The largest absolute Gasteiger partial charge is 0.480 e. The monoisotopic (exact) mass is 255 g/mol. The van der Waals surface area contributed by atoms with Gasteiger partial charge in [0.25, 0.3) is 0 Å². The van der Waals surface area contributed by atoms with Crippen LogP contribution in [0.1, 0.15) is 12.8 Å². The predicted octanol–water partition coefficient (Wildman–Crippen LogP) is -0.453. The number of hydrogen-bond donors (Lipinski definition) is 3. The Bertz CT molecular complexity index is 356. The highest BCUT2D eigenvalue weighted by Crippen LogP contribution is 2.00. The molecule has 3 amide bonds. The second-order valence-electron chi connectivity index (χ2n) is 3.95. The molecule has 1 aliphatic rings. The lowest BCUT2D eigenvalue weighted by molar-refractivity contribution is -0.139. The van der Waals surface area contributed by atoms with Crippen molar-refractivity contribution in [3.63, 3.8) is 0 Å². The van der Waals surface area contributed by atoms with Crippen molar-refractivity contribution < 1.29 is 19.5 Å². The number of carboxylic acid groups (broad SMARTS) is 1. The maximum atomic E-state index is 11.8. The molecule has 1 rings (SSSR count). The molecule has 0 radical (unpaired) electrons. The average molecular weight is 255 g/mol. The Labute approximate surface area is 105 Å². The molecule has 100 valence electrons. The second kappa shape index (κ2) is 6.63. The van der Waals surface area contributed by atoms with Gasteiger partial charge in [0.2, 0.25) is 5.91 Å². The van der Waals surface area contributed by atoms with Crippen LogP contribution in [0.25, 0.3) is 0 Å². The van der Waals surface area contributed by atoms with Gasteiger partial charge in [-0.25, -0.2) is 9.59 Å². The van der Waals surface area contributed by atoms with E-state index in [0.29, 0.717) is 13.1 Å². The van der Waals surface area contributed by atoms with Crippen LogP contribution < -0.4 is 10.6 Å². The summed E-state index contributed by atoms with van der Waals surface area (Å²) >= 11 is 0. The van der Waals surface area contributed by atoms with E-state index < -0.39 is 18.0 Å². The Morgan fingerprint density at radius 3 is 2.89 bits per heavy atom. The second-order valence-corrected chi connectivity index (χ2v) is 3.95. The average Bonchev–Trinajstić information content (AvgIpc) is 2.53. The number of rotatable bonds is 4. The number of carboxylic acids is 1. The van der Waals surface area contributed by atoms with Crippen LogP contribution in [0.2, 0.25) is 0 Å². The molecular weight excluding hydrogens is 238 g/mol. The van der Waals surface area contributed by atoms with Gasteiger partial charge in [-0.15, -0.1) is 6.58 Å². The summed E-state index contributed by atoms with van der Waals surface area (Å²) in [4.78, 5) is 35.2. The number of carbonyl (C=O) groups is 3. The SMILES string of the molecule is C=CCC(NC(=O)N1CCNC(=O)CC1)C(=O)O. The highest BCUT2D eigenvalue weighted by Gasteiger charge is 2.23. The molecule has 0 aromatic carbocycles. The maximum Gasteiger partial charge on any atom is 0.326 e. The summed E-state index contributed by atoms with van der Waals surface area (Å²) in [6, 6.07) is -1.46. The molecule has 7 nitrogen and oxygen atoms in total. The summed E-state index contributed by atoms with van der Waals surface area (Å²) in [7, 11) is 0. The highest BCUT2D eigenvalue weighted by atomic mass is 16.4. The van der Waals surface area contributed by atoms with Crippen LogP contribution in [0.4, 0.5) is 4.79 Å². The zero-order chi connectivity index (χ0) is 13.5. The molecule has 1 aliphatic heterocycles. The van der Waals surface area contributed by atoms with Gasteiger partial charge >= 0.3 is 12.0 Å². The van der Waals surface area contributed by atoms with Gasteiger partial charge < -0.3 is 20.6 Å². The minimum absolute atomic E-state index is 0.105. The molecule has 1 fully saturated rings. The van der Waals surface area contributed by atoms with Gasteiger partial charge in [0.05, 0.1) is 0 Å². The van der Waals surface area contributed by atoms with E-state index in [1.165, 1.54) is 11.0 Å². The Kier molecular flexibility index (Phi) is 5.16. The molecule has 0 bridgehead atoms. The van der Waals surface area contributed by atoms with Gasteiger partial charge in [-0.1, -0.05) is 6.08 Å². The van der Waals surface area contributed by atoms with Crippen LogP contribution in [0.3, 0.4) is 0 Å². The Morgan fingerprint density at radius 1 is 1.56 bits per heavy atom. The fraction of sp³-hybridized carbons (Fsp3) is 0.545. The van der Waals surface area contributed by atoms with Crippen LogP contribution in [-0.2, 0) is 9.59 Å². The molecule has 18 heavy (non-hydrogen) atoms. The zero-order valence-electron chi connectivity index (χ0n) is 10.0. The molecule has 0 saturated carbocycles. The molecule has 1 heterocycles. The summed E-state index contributed by atoms with van der Waals surface area (Å²) < 4.78 is 0. The molecule has 7 heteroatoms. The van der Waals surface area contributed by atoms with E-state index in [2.05, 4.69) is 17.2 Å². The number of nitrogens with zero attached hydrogens (tertiary/aromatic N) is 1. The molecule has 3 N–H and O–H groups in total. The van der Waals surface area contributed by atoms with Crippen LogP contribution >= 0.6 is 0 Å². The molecular formula is C11H17N3O4. The predicted molar refractivity (Wildman–Crippen MR) is 64.0 cm³/mol. The third-order valence-electron chi connectivity index (χ3n) is 2.60. The summed E-state index contributed by atoms with van der Waals surface area (Å²) in [5.41, 5.74) is 0. The van der Waals surface area contributed by atoms with Crippen molar-refractivity contribution in [1.29, 1.82) is 0 Å². The van der Waals surface area contributed by atoms with Gasteiger partial charge in [-0.2, -0.15) is 0 Å². The maximum absolute atomic E-state index is 11.8. The molecule has 1 atom stereocenters. The first-order valence-corrected chi connectivity index (χ1v) is 5.70. The number of carbonyl (C=O) groups excluding carboxylic acids is 2. The van der Waals surface area contributed by atoms with E-state index in [0.717, 1.165) is 0 Å². The van der Waals surface area contributed by atoms with E-state index in [1.54, 1.807) is 0 Å². The Hall–Kier alpha value is -2.05. The van der Waals surface area contributed by atoms with Crippen molar-refractivity contribution in [2.75, 3.05) is 19.6 Å². The zero-order valence-corrected chi connectivity index (χ0v) is 10.0. The normalized spacial score (nSPS) is 17.3. The van der Waals surface area contributed by atoms with E-state index in [4.69, 9.17) is 5.11 Å². The smallest absolute Gasteiger partial charge is 0.326 e. The molecule has 0 aliphatic carbocycles. The van der Waals surface area contributed by atoms with Gasteiger partial charge in [0, 0.05) is 26.1 Å². The summed E-state index contributed by atoms with van der Waals surface area (Å²) in [5, 5.41) is 13.9. The topological polar surface area (TPSA) is 98.7 Å². The first-order chi connectivity index (χ1) is 8.54. The van der Waals surface area contributed by atoms with E-state index in [9.17, 15) is 14.4 Å². The van der Waals surface area contributed by atoms with Crippen LogP contribution in [0.5, 0.6) is 0 Å².